The van der Waals surface area contributed by atoms with Gasteiger partial charge in [0.1, 0.15) is 0 Å². The molecule has 0 bridgehead atoms. The zero-order chi connectivity index (χ0) is 11.4. The van der Waals surface area contributed by atoms with Crippen molar-refractivity contribution in [3.8, 4) is 0 Å². The van der Waals surface area contributed by atoms with E-state index in [0.29, 0.717) is 18.6 Å². The quantitative estimate of drug-likeness (QED) is 0.777. The summed E-state index contributed by atoms with van der Waals surface area (Å²) < 4.78 is 5.12. The predicted molar refractivity (Wildman–Crippen MR) is 62.3 cm³/mol. The van der Waals surface area contributed by atoms with Crippen LogP contribution in [0.2, 0.25) is 0 Å². The van der Waals surface area contributed by atoms with Crippen molar-refractivity contribution in [1.29, 1.82) is 0 Å². The molecule has 2 aliphatic rings. The van der Waals surface area contributed by atoms with Crippen molar-refractivity contribution < 1.29 is 9.53 Å². The van der Waals surface area contributed by atoms with Gasteiger partial charge >= 0.3 is 6.09 Å². The zero-order valence-corrected chi connectivity index (χ0v) is 10.1. The highest BCUT2D eigenvalue weighted by Gasteiger charge is 2.35. The maximum absolute atomic E-state index is 11.8. The monoisotopic (exact) mass is 226 g/mol. The third-order valence-electron chi connectivity index (χ3n) is 3.73. The Hall–Kier alpha value is -0.770. The highest BCUT2D eigenvalue weighted by Crippen LogP contribution is 2.29. The molecule has 0 aromatic heterocycles. The topological polar surface area (TPSA) is 41.6 Å². The Bertz CT molecular complexity index is 239. The van der Waals surface area contributed by atoms with Crippen LogP contribution in [0.15, 0.2) is 0 Å². The first-order valence-electron chi connectivity index (χ1n) is 6.47. The molecule has 0 radical (unpaired) electrons. The minimum Gasteiger partial charge on any atom is -0.450 e. The summed E-state index contributed by atoms with van der Waals surface area (Å²) in [7, 11) is 0. The lowest BCUT2D eigenvalue weighted by molar-refractivity contribution is 0.0866. The molecule has 0 aromatic rings. The van der Waals surface area contributed by atoms with Crippen molar-refractivity contribution in [1.82, 2.24) is 10.2 Å². The first-order chi connectivity index (χ1) is 7.83. The van der Waals surface area contributed by atoms with E-state index >= 15 is 0 Å². The summed E-state index contributed by atoms with van der Waals surface area (Å²) in [5, 5.41) is 3.37. The van der Waals surface area contributed by atoms with Gasteiger partial charge in [-0.15, -0.1) is 0 Å². The first-order valence-corrected chi connectivity index (χ1v) is 6.47. The minimum atomic E-state index is -0.108. The number of amides is 1. The average molecular weight is 226 g/mol. The number of likely N-dealkylation sites (tertiary alicyclic amines) is 1. The number of nitrogens with one attached hydrogen (secondary N) is 1. The summed E-state index contributed by atoms with van der Waals surface area (Å²) in [6, 6.07) is 0.432. The number of carbonyl (C=O) groups excluding carboxylic acids is 1. The van der Waals surface area contributed by atoms with Gasteiger partial charge in [-0.2, -0.15) is 0 Å². The molecule has 2 aliphatic heterocycles. The lowest BCUT2D eigenvalue weighted by Crippen LogP contribution is -2.44. The molecular weight excluding hydrogens is 204 g/mol. The summed E-state index contributed by atoms with van der Waals surface area (Å²) in [6.45, 7) is 5.42. The fraction of sp³-hybridized carbons (Fsp3) is 0.917. The van der Waals surface area contributed by atoms with Gasteiger partial charge in [0, 0.05) is 12.6 Å². The van der Waals surface area contributed by atoms with Crippen molar-refractivity contribution in [3.05, 3.63) is 0 Å². The van der Waals surface area contributed by atoms with Crippen LogP contribution in [0.3, 0.4) is 0 Å². The highest BCUT2D eigenvalue weighted by atomic mass is 16.6. The van der Waals surface area contributed by atoms with E-state index in [1.165, 1.54) is 12.8 Å². The van der Waals surface area contributed by atoms with Gasteiger partial charge in [-0.1, -0.05) is 0 Å². The van der Waals surface area contributed by atoms with Gasteiger partial charge in [-0.05, 0) is 51.6 Å². The maximum atomic E-state index is 11.8. The molecule has 2 fully saturated rings. The van der Waals surface area contributed by atoms with E-state index in [0.717, 1.165) is 32.5 Å². The van der Waals surface area contributed by atoms with Crippen LogP contribution >= 0.6 is 0 Å². The normalized spacial score (nSPS) is 27.1. The van der Waals surface area contributed by atoms with E-state index in [9.17, 15) is 4.79 Å². The van der Waals surface area contributed by atoms with Gasteiger partial charge in [-0.3, -0.25) is 0 Å². The first kappa shape index (κ1) is 11.7. The standard InChI is InChI=1S/C12H22N2O2/c1-2-16-12(15)14-9-3-4-11(14)10-5-7-13-8-6-10/h10-11,13H,2-9H2,1H3. The number of hydrogen-bond donors (Lipinski definition) is 1. The Morgan fingerprint density at radius 1 is 1.38 bits per heavy atom. The van der Waals surface area contributed by atoms with E-state index in [2.05, 4.69) is 5.32 Å². The van der Waals surface area contributed by atoms with Crippen molar-refractivity contribution in [3.63, 3.8) is 0 Å². The lowest BCUT2D eigenvalue weighted by atomic mass is 9.89. The second-order valence-corrected chi connectivity index (χ2v) is 4.69. The van der Waals surface area contributed by atoms with Gasteiger partial charge in [0.15, 0.2) is 0 Å². The lowest BCUT2D eigenvalue weighted by Gasteiger charge is -2.33. The molecule has 4 heteroatoms. The maximum Gasteiger partial charge on any atom is 0.410 e. The molecule has 4 nitrogen and oxygen atoms in total. The van der Waals surface area contributed by atoms with E-state index in [1.807, 2.05) is 11.8 Å². The van der Waals surface area contributed by atoms with Crippen LogP contribution in [0.1, 0.15) is 32.6 Å². The molecule has 0 saturated carbocycles. The van der Waals surface area contributed by atoms with Gasteiger partial charge in [0.2, 0.25) is 0 Å². The van der Waals surface area contributed by atoms with Crippen molar-refractivity contribution in [2.24, 2.45) is 5.92 Å². The molecule has 1 unspecified atom stereocenters. The number of carbonyl (C=O) groups is 1. The van der Waals surface area contributed by atoms with Crippen LogP contribution in [0, 0.1) is 5.92 Å². The highest BCUT2D eigenvalue weighted by molar-refractivity contribution is 5.68. The van der Waals surface area contributed by atoms with Crippen LogP contribution in [0.25, 0.3) is 0 Å². The second-order valence-electron chi connectivity index (χ2n) is 4.69. The molecule has 0 aliphatic carbocycles. The predicted octanol–water partition coefficient (Wildman–Crippen LogP) is 1.61. The molecular formula is C12H22N2O2. The van der Waals surface area contributed by atoms with Gasteiger partial charge in [-0.25, -0.2) is 4.79 Å². The summed E-state index contributed by atoms with van der Waals surface area (Å²) in [5.41, 5.74) is 0. The van der Waals surface area contributed by atoms with Crippen molar-refractivity contribution in [2.45, 2.75) is 38.6 Å². The minimum absolute atomic E-state index is 0.108. The molecule has 2 saturated heterocycles. The van der Waals surface area contributed by atoms with E-state index in [1.54, 1.807) is 0 Å². The van der Waals surface area contributed by atoms with Crippen molar-refractivity contribution >= 4 is 6.09 Å². The number of nitrogens with zero attached hydrogens (tertiary/aromatic N) is 1. The molecule has 92 valence electrons. The van der Waals surface area contributed by atoms with E-state index < -0.39 is 0 Å². The van der Waals surface area contributed by atoms with Crippen LogP contribution in [0.4, 0.5) is 4.79 Å². The molecule has 0 aromatic carbocycles. The van der Waals surface area contributed by atoms with Crippen molar-refractivity contribution in [2.75, 3.05) is 26.2 Å². The van der Waals surface area contributed by atoms with Crippen LogP contribution in [-0.2, 0) is 4.74 Å². The van der Waals surface area contributed by atoms with Gasteiger partial charge in [0.05, 0.1) is 6.61 Å². The Morgan fingerprint density at radius 2 is 2.12 bits per heavy atom. The number of rotatable bonds is 2. The summed E-state index contributed by atoms with van der Waals surface area (Å²) in [6.07, 6.45) is 4.57. The second kappa shape index (κ2) is 5.53. The number of hydrogen-bond acceptors (Lipinski definition) is 3. The van der Waals surface area contributed by atoms with Gasteiger partial charge in [0.25, 0.3) is 0 Å². The SMILES string of the molecule is CCOC(=O)N1CCCC1C1CCNCC1. The fourth-order valence-electron chi connectivity index (χ4n) is 2.94. The van der Waals surface area contributed by atoms with E-state index in [4.69, 9.17) is 4.74 Å². The molecule has 16 heavy (non-hydrogen) atoms. The third kappa shape index (κ3) is 2.48. The summed E-state index contributed by atoms with van der Waals surface area (Å²) >= 11 is 0. The molecule has 1 amide bonds. The Labute approximate surface area is 97.3 Å². The Morgan fingerprint density at radius 3 is 2.81 bits per heavy atom. The Balaban J connectivity index is 1.93. The molecule has 0 spiro atoms. The van der Waals surface area contributed by atoms with Crippen LogP contribution in [0.5, 0.6) is 0 Å². The zero-order valence-electron chi connectivity index (χ0n) is 10.1. The largest absolute Gasteiger partial charge is 0.450 e. The summed E-state index contributed by atoms with van der Waals surface area (Å²) in [4.78, 5) is 13.7. The smallest absolute Gasteiger partial charge is 0.410 e. The fourth-order valence-corrected chi connectivity index (χ4v) is 2.94. The molecule has 2 heterocycles. The van der Waals surface area contributed by atoms with E-state index in [-0.39, 0.29) is 6.09 Å². The number of ether oxygens (including phenoxy) is 1. The molecule has 1 atom stereocenters. The van der Waals surface area contributed by atoms with Crippen LogP contribution in [-0.4, -0.2) is 43.3 Å². The average Bonchev–Trinajstić information content (AvgIpc) is 2.79. The van der Waals surface area contributed by atoms with Crippen LogP contribution < -0.4 is 5.32 Å². The third-order valence-corrected chi connectivity index (χ3v) is 3.73. The Kier molecular flexibility index (Phi) is 4.04. The number of piperidine rings is 1. The van der Waals surface area contributed by atoms with Gasteiger partial charge < -0.3 is 15.0 Å². The molecule has 2 rings (SSSR count). The summed E-state index contributed by atoms with van der Waals surface area (Å²) in [5.74, 6) is 0.674. The molecule has 1 N–H and O–H groups in total.